The van der Waals surface area contributed by atoms with Crippen molar-refractivity contribution >= 4 is 17.4 Å². The van der Waals surface area contributed by atoms with E-state index < -0.39 is 4.92 Å². The summed E-state index contributed by atoms with van der Waals surface area (Å²) in [4.78, 5) is 22.4. The molecule has 1 N–H and O–H groups in total. The van der Waals surface area contributed by atoms with Crippen molar-refractivity contribution in [3.63, 3.8) is 0 Å². The number of non-ortho nitro benzene ring substituents is 1. The number of anilines is 1. The summed E-state index contributed by atoms with van der Waals surface area (Å²) in [6.07, 6.45) is 1.79. The van der Waals surface area contributed by atoms with Crippen molar-refractivity contribution in [2.24, 2.45) is 0 Å². The van der Waals surface area contributed by atoms with Crippen LogP contribution in [-0.4, -0.2) is 15.4 Å². The van der Waals surface area contributed by atoms with Gasteiger partial charge in [0.25, 0.3) is 5.69 Å². The van der Waals surface area contributed by atoms with Crippen LogP contribution in [0.4, 0.5) is 11.5 Å². The number of hydrogen-bond donors (Lipinski definition) is 1. The number of carbonyl (C=O) groups is 1. The number of nitriles is 1. The van der Waals surface area contributed by atoms with Crippen molar-refractivity contribution in [3.8, 4) is 6.07 Å². The lowest BCUT2D eigenvalue weighted by molar-refractivity contribution is -0.384. The van der Waals surface area contributed by atoms with Gasteiger partial charge in [-0.05, 0) is 32.4 Å². The predicted molar refractivity (Wildman–Crippen MR) is 89.6 cm³/mol. The van der Waals surface area contributed by atoms with Crippen LogP contribution in [0.25, 0.3) is 0 Å². The predicted octanol–water partition coefficient (Wildman–Crippen LogP) is 3.20. The molecule has 24 heavy (non-hydrogen) atoms. The van der Waals surface area contributed by atoms with Gasteiger partial charge in [-0.1, -0.05) is 12.1 Å². The molecule has 0 aliphatic carbocycles. The number of nitrogens with zero attached hydrogens (tertiary/aromatic N) is 3. The zero-order valence-corrected chi connectivity index (χ0v) is 13.7. The van der Waals surface area contributed by atoms with Crippen molar-refractivity contribution in [2.75, 3.05) is 5.32 Å². The van der Waals surface area contributed by atoms with Gasteiger partial charge in [-0.3, -0.25) is 14.9 Å². The molecule has 0 radical (unpaired) electrons. The van der Waals surface area contributed by atoms with Crippen molar-refractivity contribution in [2.45, 2.75) is 32.7 Å². The van der Waals surface area contributed by atoms with Crippen LogP contribution in [0, 0.1) is 21.4 Å². The summed E-state index contributed by atoms with van der Waals surface area (Å²) < 4.78 is 1.83. The molecule has 0 saturated carbocycles. The molecule has 0 bridgehead atoms. The zero-order chi connectivity index (χ0) is 17.9. The normalized spacial score (nSPS) is 10.9. The highest BCUT2D eigenvalue weighted by molar-refractivity contribution is 5.91. The minimum absolute atomic E-state index is 0.0144. The fourth-order valence-corrected chi connectivity index (χ4v) is 2.28. The van der Waals surface area contributed by atoms with E-state index in [1.165, 1.54) is 12.1 Å². The summed E-state index contributed by atoms with van der Waals surface area (Å²) in [5.74, 6) is 0.294. The summed E-state index contributed by atoms with van der Waals surface area (Å²) in [6, 6.07) is 9.54. The minimum Gasteiger partial charge on any atom is -0.328 e. The van der Waals surface area contributed by atoms with Crippen LogP contribution in [0.5, 0.6) is 0 Å². The Labute approximate surface area is 139 Å². The second kappa shape index (κ2) is 6.54. The zero-order valence-electron chi connectivity index (χ0n) is 13.7. The summed E-state index contributed by atoms with van der Waals surface area (Å²) in [5, 5.41) is 22.5. The third-order valence-electron chi connectivity index (χ3n) is 3.45. The molecule has 0 saturated heterocycles. The number of benzene rings is 1. The lowest BCUT2D eigenvalue weighted by Crippen LogP contribution is -2.25. The molecule has 124 valence electrons. The van der Waals surface area contributed by atoms with Crippen molar-refractivity contribution in [1.29, 1.82) is 5.26 Å². The maximum Gasteiger partial charge on any atom is 0.269 e. The second-order valence-electron chi connectivity index (χ2n) is 6.42. The fourth-order valence-electron chi connectivity index (χ4n) is 2.28. The quantitative estimate of drug-likeness (QED) is 0.688. The number of rotatable bonds is 4. The Morgan fingerprint density at radius 2 is 1.96 bits per heavy atom. The Kier molecular flexibility index (Phi) is 4.69. The average Bonchev–Trinajstić information content (AvgIpc) is 2.90. The van der Waals surface area contributed by atoms with Gasteiger partial charge >= 0.3 is 0 Å². The molecule has 0 spiro atoms. The molecule has 2 aromatic rings. The molecule has 1 aromatic carbocycles. The largest absolute Gasteiger partial charge is 0.328 e. The molecule has 0 fully saturated rings. The maximum atomic E-state index is 12.2. The van der Waals surface area contributed by atoms with Gasteiger partial charge in [0.1, 0.15) is 11.9 Å². The van der Waals surface area contributed by atoms with Gasteiger partial charge in [-0.2, -0.15) is 5.26 Å². The summed E-state index contributed by atoms with van der Waals surface area (Å²) in [7, 11) is 0. The van der Waals surface area contributed by atoms with Crippen LogP contribution in [0.1, 0.15) is 31.9 Å². The molecule has 1 heterocycles. The number of carbonyl (C=O) groups excluding carboxylic acids is 1. The lowest BCUT2D eigenvalue weighted by Gasteiger charge is -2.24. The molecule has 7 heteroatoms. The van der Waals surface area contributed by atoms with Crippen LogP contribution < -0.4 is 5.32 Å². The molecular formula is C17H18N4O3. The third kappa shape index (κ3) is 3.98. The van der Waals surface area contributed by atoms with E-state index in [2.05, 4.69) is 11.4 Å². The molecule has 0 atom stereocenters. The van der Waals surface area contributed by atoms with Gasteiger partial charge in [-0.25, -0.2) is 0 Å². The molecule has 2 rings (SSSR count). The first kappa shape index (κ1) is 17.2. The lowest BCUT2D eigenvalue weighted by atomic mass is 10.1. The van der Waals surface area contributed by atoms with Crippen LogP contribution in [0.15, 0.2) is 36.5 Å². The van der Waals surface area contributed by atoms with Gasteiger partial charge in [0.15, 0.2) is 0 Å². The Morgan fingerprint density at radius 3 is 2.46 bits per heavy atom. The number of nitrogens with one attached hydrogen (secondary N) is 1. The SMILES string of the molecule is CC(C)(C)n1cc(C#N)cc1NC(=O)Cc1ccc([N+](=O)[O-])cc1. The Morgan fingerprint density at radius 1 is 1.33 bits per heavy atom. The van der Waals surface area contributed by atoms with E-state index in [1.54, 1.807) is 24.4 Å². The van der Waals surface area contributed by atoms with Crippen LogP contribution >= 0.6 is 0 Å². The number of aromatic nitrogens is 1. The molecule has 0 aliphatic heterocycles. The van der Waals surface area contributed by atoms with Gasteiger partial charge < -0.3 is 9.88 Å². The highest BCUT2D eigenvalue weighted by Gasteiger charge is 2.19. The van der Waals surface area contributed by atoms with E-state index in [0.717, 1.165) is 0 Å². The van der Waals surface area contributed by atoms with Crippen molar-refractivity contribution in [3.05, 3.63) is 57.8 Å². The molecule has 0 aliphatic rings. The summed E-state index contributed by atoms with van der Waals surface area (Å²) in [5.41, 5.74) is 0.841. The van der Waals surface area contributed by atoms with Crippen molar-refractivity contribution in [1.82, 2.24) is 4.57 Å². The highest BCUT2D eigenvalue weighted by atomic mass is 16.6. The number of amides is 1. The van der Waals surface area contributed by atoms with Crippen LogP contribution in [-0.2, 0) is 16.8 Å². The van der Waals surface area contributed by atoms with Gasteiger partial charge in [0, 0.05) is 23.9 Å². The molecule has 7 nitrogen and oxygen atoms in total. The van der Waals surface area contributed by atoms with E-state index in [4.69, 9.17) is 5.26 Å². The Hall–Kier alpha value is -3.14. The molecular weight excluding hydrogens is 308 g/mol. The molecule has 0 unspecified atom stereocenters. The Balaban J connectivity index is 2.14. The van der Waals surface area contributed by atoms with E-state index >= 15 is 0 Å². The number of hydrogen-bond acceptors (Lipinski definition) is 4. The first-order chi connectivity index (χ1) is 11.2. The topological polar surface area (TPSA) is 101 Å². The second-order valence-corrected chi connectivity index (χ2v) is 6.42. The monoisotopic (exact) mass is 326 g/mol. The smallest absolute Gasteiger partial charge is 0.269 e. The summed E-state index contributed by atoms with van der Waals surface area (Å²) in [6.45, 7) is 5.92. The molecule has 1 amide bonds. The average molecular weight is 326 g/mol. The third-order valence-corrected chi connectivity index (χ3v) is 3.45. The minimum atomic E-state index is -0.483. The summed E-state index contributed by atoms with van der Waals surface area (Å²) >= 11 is 0. The van der Waals surface area contributed by atoms with Gasteiger partial charge in [0.2, 0.25) is 5.91 Å². The number of nitro benzene ring substituents is 1. The number of nitro groups is 1. The Bertz CT molecular complexity index is 808. The van der Waals surface area contributed by atoms with Gasteiger partial charge in [0.05, 0.1) is 16.9 Å². The maximum absolute atomic E-state index is 12.2. The highest BCUT2D eigenvalue weighted by Crippen LogP contribution is 2.24. The van der Waals surface area contributed by atoms with Crippen molar-refractivity contribution < 1.29 is 9.72 Å². The van der Waals surface area contributed by atoms with E-state index in [0.29, 0.717) is 16.9 Å². The standard InChI is InChI=1S/C17H18N4O3/c1-17(2,3)20-11-13(10-18)8-15(20)19-16(22)9-12-4-6-14(7-5-12)21(23)24/h4-8,11H,9H2,1-3H3,(H,19,22). The van der Waals surface area contributed by atoms with Crippen LogP contribution in [0.3, 0.4) is 0 Å². The van der Waals surface area contributed by atoms with E-state index in [9.17, 15) is 14.9 Å². The first-order valence-corrected chi connectivity index (χ1v) is 7.37. The van der Waals surface area contributed by atoms with E-state index in [1.807, 2.05) is 25.3 Å². The van der Waals surface area contributed by atoms with E-state index in [-0.39, 0.29) is 23.6 Å². The van der Waals surface area contributed by atoms with Gasteiger partial charge in [-0.15, -0.1) is 0 Å². The first-order valence-electron chi connectivity index (χ1n) is 7.37. The fraction of sp³-hybridized carbons (Fsp3) is 0.294. The molecule has 1 aromatic heterocycles. The van der Waals surface area contributed by atoms with Crippen LogP contribution in [0.2, 0.25) is 0 Å².